The zero-order valence-electron chi connectivity index (χ0n) is 21.5. The van der Waals surface area contributed by atoms with Crippen LogP contribution in [0.1, 0.15) is 50.2 Å². The number of hydrogen-bond acceptors (Lipinski definition) is 4. The highest BCUT2D eigenvalue weighted by molar-refractivity contribution is 7.92. The second-order valence-corrected chi connectivity index (χ2v) is 12.3. The van der Waals surface area contributed by atoms with E-state index in [-0.39, 0.29) is 28.3 Å². The summed E-state index contributed by atoms with van der Waals surface area (Å²) < 4.78 is 65.7. The lowest BCUT2D eigenvalue weighted by atomic mass is 9.95. The molecule has 0 aliphatic heterocycles. The molecule has 214 valence electrons. The number of rotatable bonds is 9. The summed E-state index contributed by atoms with van der Waals surface area (Å²) in [5, 5.41) is 3.47. The van der Waals surface area contributed by atoms with Crippen molar-refractivity contribution in [2.45, 2.75) is 63.8 Å². The van der Waals surface area contributed by atoms with Crippen molar-refractivity contribution in [2.75, 3.05) is 17.1 Å². The van der Waals surface area contributed by atoms with E-state index in [1.54, 1.807) is 6.07 Å². The summed E-state index contributed by atoms with van der Waals surface area (Å²) in [7, 11) is -4.18. The Kier molecular flexibility index (Phi) is 10.2. The Labute approximate surface area is 236 Å². The molecule has 1 fully saturated rings. The van der Waals surface area contributed by atoms with E-state index in [9.17, 15) is 31.2 Å². The van der Waals surface area contributed by atoms with Crippen LogP contribution in [0.4, 0.5) is 18.9 Å². The summed E-state index contributed by atoms with van der Waals surface area (Å²) in [6.45, 7) is 0.584. The van der Waals surface area contributed by atoms with Crippen LogP contribution in [0, 0.1) is 0 Å². The Morgan fingerprint density at radius 1 is 1.05 bits per heavy atom. The van der Waals surface area contributed by atoms with Gasteiger partial charge in [-0.15, -0.1) is 0 Å². The molecule has 3 rings (SSSR count). The highest BCUT2D eigenvalue weighted by Crippen LogP contribution is 2.32. The minimum Gasteiger partial charge on any atom is -0.352 e. The number of anilines is 1. The minimum atomic E-state index is -4.71. The number of halogens is 5. The second-order valence-electron chi connectivity index (χ2n) is 9.61. The number of hydrogen-bond donors (Lipinski definition) is 1. The van der Waals surface area contributed by atoms with Gasteiger partial charge in [0.05, 0.1) is 27.6 Å². The molecule has 13 heteroatoms. The Hall–Kier alpha value is -2.50. The summed E-state index contributed by atoms with van der Waals surface area (Å²) in [6, 6.07) is 7.32. The van der Waals surface area contributed by atoms with Crippen LogP contribution in [0.2, 0.25) is 10.0 Å². The van der Waals surface area contributed by atoms with E-state index in [1.807, 2.05) is 0 Å². The molecule has 0 radical (unpaired) electrons. The molecule has 0 heterocycles. The van der Waals surface area contributed by atoms with E-state index >= 15 is 0 Å². The molecule has 1 atom stereocenters. The molecule has 0 spiro atoms. The van der Waals surface area contributed by atoms with Gasteiger partial charge in [0.2, 0.25) is 21.8 Å². The highest BCUT2D eigenvalue weighted by atomic mass is 35.5. The van der Waals surface area contributed by atoms with Crippen LogP contribution in [-0.2, 0) is 32.3 Å². The van der Waals surface area contributed by atoms with Crippen molar-refractivity contribution >= 4 is 50.7 Å². The molecule has 0 bridgehead atoms. The summed E-state index contributed by atoms with van der Waals surface area (Å²) in [5.74, 6) is -1.20. The van der Waals surface area contributed by atoms with Crippen LogP contribution >= 0.6 is 23.2 Å². The molecule has 1 aliphatic carbocycles. The van der Waals surface area contributed by atoms with Gasteiger partial charge in [0.15, 0.2) is 0 Å². The monoisotopic (exact) mass is 607 g/mol. The lowest BCUT2D eigenvalue weighted by Gasteiger charge is -2.33. The molecule has 2 aromatic carbocycles. The second kappa shape index (κ2) is 12.8. The molecular weight excluding hydrogens is 578 g/mol. The summed E-state index contributed by atoms with van der Waals surface area (Å²) >= 11 is 12.1. The normalized spacial score (nSPS) is 15.5. The fourth-order valence-electron chi connectivity index (χ4n) is 4.44. The number of alkyl halides is 3. The predicted octanol–water partition coefficient (Wildman–Crippen LogP) is 5.64. The maximum Gasteiger partial charge on any atom is 0.416 e. The number of nitrogens with one attached hydrogen (secondary N) is 1. The van der Waals surface area contributed by atoms with Gasteiger partial charge < -0.3 is 10.2 Å². The molecular formula is C26H30Cl2F3N3O4S. The van der Waals surface area contributed by atoms with Crippen LogP contribution in [0.5, 0.6) is 0 Å². The predicted molar refractivity (Wildman–Crippen MR) is 145 cm³/mol. The van der Waals surface area contributed by atoms with Gasteiger partial charge in [-0.25, -0.2) is 8.42 Å². The average Bonchev–Trinajstić information content (AvgIpc) is 2.86. The van der Waals surface area contributed by atoms with E-state index in [1.165, 1.54) is 30.0 Å². The molecule has 7 nitrogen and oxygen atoms in total. The zero-order valence-corrected chi connectivity index (χ0v) is 23.8. The third-order valence-corrected chi connectivity index (χ3v) is 8.48. The van der Waals surface area contributed by atoms with E-state index in [0.29, 0.717) is 15.9 Å². The summed E-state index contributed by atoms with van der Waals surface area (Å²) in [6.07, 6.45) is 0.753. The summed E-state index contributed by atoms with van der Waals surface area (Å²) in [4.78, 5) is 28.0. The van der Waals surface area contributed by atoms with Crippen molar-refractivity contribution in [1.82, 2.24) is 10.2 Å². The first-order chi connectivity index (χ1) is 18.2. The first-order valence-electron chi connectivity index (χ1n) is 12.4. The van der Waals surface area contributed by atoms with Crippen molar-refractivity contribution in [3.8, 4) is 0 Å². The molecule has 39 heavy (non-hydrogen) atoms. The molecule has 0 aromatic heterocycles. The quantitative estimate of drug-likeness (QED) is 0.399. The van der Waals surface area contributed by atoms with Crippen LogP contribution < -0.4 is 9.62 Å². The summed E-state index contributed by atoms with van der Waals surface area (Å²) in [5.41, 5.74) is -0.858. The van der Waals surface area contributed by atoms with Crippen LogP contribution in [0.15, 0.2) is 42.5 Å². The largest absolute Gasteiger partial charge is 0.416 e. The van der Waals surface area contributed by atoms with Crippen molar-refractivity contribution < 1.29 is 31.2 Å². The number of nitrogens with zero attached hydrogens (tertiary/aromatic N) is 2. The third kappa shape index (κ3) is 8.49. The first kappa shape index (κ1) is 31.0. The van der Waals surface area contributed by atoms with Gasteiger partial charge in [0, 0.05) is 12.6 Å². The van der Waals surface area contributed by atoms with E-state index in [0.717, 1.165) is 50.5 Å². The highest BCUT2D eigenvalue weighted by Gasteiger charge is 2.34. The van der Waals surface area contributed by atoms with Gasteiger partial charge in [-0.05, 0) is 55.7 Å². The van der Waals surface area contributed by atoms with Gasteiger partial charge in [-0.1, -0.05) is 54.6 Å². The molecule has 2 aromatic rings. The van der Waals surface area contributed by atoms with E-state index < -0.39 is 46.2 Å². The molecule has 0 unspecified atom stereocenters. The maximum atomic E-state index is 13.6. The van der Waals surface area contributed by atoms with Crippen molar-refractivity contribution in [3.63, 3.8) is 0 Å². The first-order valence-corrected chi connectivity index (χ1v) is 15.0. The van der Waals surface area contributed by atoms with Crippen molar-refractivity contribution in [1.29, 1.82) is 0 Å². The number of sulfonamides is 1. The average molecular weight is 609 g/mol. The Morgan fingerprint density at radius 2 is 1.72 bits per heavy atom. The fraction of sp³-hybridized carbons (Fsp3) is 0.462. The van der Waals surface area contributed by atoms with Gasteiger partial charge in [-0.3, -0.25) is 13.9 Å². The zero-order chi connectivity index (χ0) is 29.0. The smallest absolute Gasteiger partial charge is 0.352 e. The molecule has 2 amide bonds. The maximum absolute atomic E-state index is 13.6. The lowest BCUT2D eigenvalue weighted by Crippen LogP contribution is -2.53. The third-order valence-electron chi connectivity index (χ3n) is 6.60. The SMILES string of the molecule is C[C@@H](C(=O)NC1CCCCC1)N(Cc1ccc(Cl)c(Cl)c1)C(=O)CN(c1cccc(C(F)(F)F)c1)S(C)(=O)=O. The van der Waals surface area contributed by atoms with Gasteiger partial charge in [0.1, 0.15) is 12.6 Å². The van der Waals surface area contributed by atoms with Crippen molar-refractivity contribution in [2.24, 2.45) is 0 Å². The molecule has 1 aliphatic rings. The Bertz CT molecular complexity index is 1300. The molecule has 0 saturated heterocycles. The number of benzene rings is 2. The number of carbonyl (C=O) groups excluding carboxylic acids is 2. The lowest BCUT2D eigenvalue weighted by molar-refractivity contribution is -0.139. The minimum absolute atomic E-state index is 0.0340. The number of amides is 2. The Balaban J connectivity index is 1.92. The number of carbonyl (C=O) groups is 2. The molecule has 1 saturated carbocycles. The van der Waals surface area contributed by atoms with Crippen LogP contribution in [0.25, 0.3) is 0 Å². The topological polar surface area (TPSA) is 86.8 Å². The van der Waals surface area contributed by atoms with E-state index in [4.69, 9.17) is 23.2 Å². The van der Waals surface area contributed by atoms with Crippen LogP contribution in [-0.4, -0.2) is 50.0 Å². The van der Waals surface area contributed by atoms with Gasteiger partial charge >= 0.3 is 6.18 Å². The standard InChI is InChI=1S/C26H30Cl2F3N3O4S/c1-17(25(36)32-20-8-4-3-5-9-20)33(15-18-11-12-22(27)23(28)13-18)24(35)16-34(39(2,37)38)21-10-6-7-19(14-21)26(29,30)31/h6-7,10-14,17,20H,3-5,8-9,15-16H2,1-2H3,(H,32,36)/t17-/m0/s1. The van der Waals surface area contributed by atoms with E-state index in [2.05, 4.69) is 5.32 Å². The van der Waals surface area contributed by atoms with Gasteiger partial charge in [0.25, 0.3) is 0 Å². The fourth-order valence-corrected chi connectivity index (χ4v) is 5.60. The van der Waals surface area contributed by atoms with Crippen molar-refractivity contribution in [3.05, 3.63) is 63.6 Å². The van der Waals surface area contributed by atoms with Gasteiger partial charge in [-0.2, -0.15) is 13.2 Å². The molecule has 1 N–H and O–H groups in total. The Morgan fingerprint density at radius 3 is 2.31 bits per heavy atom. The van der Waals surface area contributed by atoms with Crippen LogP contribution in [0.3, 0.4) is 0 Å².